The zero-order chi connectivity index (χ0) is 42.3. The number of hydrogen-bond acceptors (Lipinski definition) is 6. The van der Waals surface area contributed by atoms with Gasteiger partial charge in [0.1, 0.15) is 13.2 Å². The quantitative estimate of drug-likeness (QED) is 0.0263. The fourth-order valence-corrected chi connectivity index (χ4v) is 7.61. The van der Waals surface area contributed by atoms with Crippen LogP contribution in [-0.2, 0) is 28.6 Å². The molecule has 0 saturated carbocycles. The summed E-state index contributed by atoms with van der Waals surface area (Å²) in [5.74, 6) is -0.861. The highest BCUT2D eigenvalue weighted by Crippen LogP contribution is 2.16. The van der Waals surface area contributed by atoms with E-state index in [1.807, 2.05) is 0 Å². The number of allylic oxidation sites excluding steroid dienone is 2. The van der Waals surface area contributed by atoms with E-state index >= 15 is 0 Å². The van der Waals surface area contributed by atoms with Crippen LogP contribution in [0.3, 0.4) is 0 Å². The summed E-state index contributed by atoms with van der Waals surface area (Å²) in [7, 11) is 0. The Balaban J connectivity index is 4.32. The lowest BCUT2D eigenvalue weighted by molar-refractivity contribution is -0.167. The van der Waals surface area contributed by atoms with Crippen molar-refractivity contribution in [2.24, 2.45) is 0 Å². The maximum Gasteiger partial charge on any atom is 0.306 e. The lowest BCUT2D eigenvalue weighted by Gasteiger charge is -2.18. The number of carbonyl (C=O) groups is 3. The van der Waals surface area contributed by atoms with Crippen molar-refractivity contribution in [1.82, 2.24) is 0 Å². The van der Waals surface area contributed by atoms with Crippen LogP contribution in [0.5, 0.6) is 0 Å². The summed E-state index contributed by atoms with van der Waals surface area (Å²) < 4.78 is 16.8. The molecule has 58 heavy (non-hydrogen) atoms. The predicted octanol–water partition coefficient (Wildman–Crippen LogP) is 16.6. The number of carbonyl (C=O) groups excluding carboxylic acids is 3. The Hall–Kier alpha value is -1.85. The molecular weight excluding hydrogens is 721 g/mol. The molecule has 0 rings (SSSR count). The van der Waals surface area contributed by atoms with Crippen LogP contribution in [0.15, 0.2) is 12.2 Å². The van der Waals surface area contributed by atoms with Gasteiger partial charge in [-0.2, -0.15) is 0 Å². The van der Waals surface area contributed by atoms with Crippen LogP contribution in [0.2, 0.25) is 0 Å². The zero-order valence-electron chi connectivity index (χ0n) is 39.1. The van der Waals surface area contributed by atoms with Gasteiger partial charge in [-0.25, -0.2) is 0 Å². The van der Waals surface area contributed by atoms with Crippen LogP contribution in [0.1, 0.15) is 284 Å². The summed E-state index contributed by atoms with van der Waals surface area (Å²) >= 11 is 0. The Labute approximate surface area is 360 Å². The van der Waals surface area contributed by atoms with Gasteiger partial charge in [0.15, 0.2) is 6.10 Å². The van der Waals surface area contributed by atoms with Crippen LogP contribution >= 0.6 is 0 Å². The van der Waals surface area contributed by atoms with Crippen molar-refractivity contribution in [3.05, 3.63) is 12.2 Å². The van der Waals surface area contributed by atoms with Gasteiger partial charge in [0.2, 0.25) is 0 Å². The Kier molecular flexibility index (Phi) is 46.3. The fourth-order valence-electron chi connectivity index (χ4n) is 7.61. The molecule has 0 aromatic rings. The normalized spacial score (nSPS) is 12.0. The molecule has 0 amide bonds. The molecule has 0 aromatic heterocycles. The largest absolute Gasteiger partial charge is 0.462 e. The fraction of sp³-hybridized carbons (Fsp3) is 0.904. The predicted molar refractivity (Wildman–Crippen MR) is 247 cm³/mol. The second-order valence-electron chi connectivity index (χ2n) is 17.4. The van der Waals surface area contributed by atoms with E-state index in [9.17, 15) is 14.4 Å². The molecule has 0 saturated heterocycles. The van der Waals surface area contributed by atoms with E-state index in [2.05, 4.69) is 32.9 Å². The standard InChI is InChI=1S/C52H98O6/c1-4-7-10-13-16-19-22-24-25-26-28-30-33-36-39-42-45-51(54)57-48-49(47-56-50(53)44-41-38-35-32-29-21-18-15-12-9-6-3)58-52(55)46-43-40-37-34-31-27-23-20-17-14-11-8-5-2/h25-26,49H,4-24,27-48H2,1-3H3/b26-25-. The maximum atomic E-state index is 12.8. The molecule has 0 bridgehead atoms. The van der Waals surface area contributed by atoms with Crippen molar-refractivity contribution >= 4 is 17.9 Å². The van der Waals surface area contributed by atoms with Crippen LogP contribution in [0.4, 0.5) is 0 Å². The highest BCUT2D eigenvalue weighted by atomic mass is 16.6. The minimum Gasteiger partial charge on any atom is -0.462 e. The third kappa shape index (κ3) is 45.2. The highest BCUT2D eigenvalue weighted by molar-refractivity contribution is 5.71. The lowest BCUT2D eigenvalue weighted by atomic mass is 10.0. The number of unbranched alkanes of at least 4 members (excludes halogenated alkanes) is 34. The summed E-state index contributed by atoms with van der Waals surface area (Å²) in [5, 5.41) is 0. The van der Waals surface area contributed by atoms with Crippen molar-refractivity contribution in [3.63, 3.8) is 0 Å². The third-order valence-electron chi connectivity index (χ3n) is 11.5. The zero-order valence-corrected chi connectivity index (χ0v) is 39.1. The molecule has 6 nitrogen and oxygen atoms in total. The van der Waals surface area contributed by atoms with Crippen molar-refractivity contribution in [2.45, 2.75) is 290 Å². The highest BCUT2D eigenvalue weighted by Gasteiger charge is 2.19. The number of esters is 3. The first-order chi connectivity index (χ1) is 28.5. The van der Waals surface area contributed by atoms with E-state index in [0.717, 1.165) is 64.2 Å². The first-order valence-electron chi connectivity index (χ1n) is 25.7. The molecule has 0 aliphatic heterocycles. The van der Waals surface area contributed by atoms with Crippen molar-refractivity contribution in [3.8, 4) is 0 Å². The molecule has 0 aliphatic carbocycles. The van der Waals surface area contributed by atoms with Crippen molar-refractivity contribution in [1.29, 1.82) is 0 Å². The second-order valence-corrected chi connectivity index (χ2v) is 17.4. The Bertz CT molecular complexity index is 900. The van der Waals surface area contributed by atoms with E-state index in [1.165, 1.54) is 180 Å². The van der Waals surface area contributed by atoms with Gasteiger partial charge in [-0.3, -0.25) is 14.4 Å². The van der Waals surface area contributed by atoms with Gasteiger partial charge in [0, 0.05) is 19.3 Å². The Morgan fingerprint density at radius 1 is 0.328 bits per heavy atom. The topological polar surface area (TPSA) is 78.9 Å². The summed E-state index contributed by atoms with van der Waals surface area (Å²) in [5.41, 5.74) is 0. The van der Waals surface area contributed by atoms with Gasteiger partial charge in [-0.05, 0) is 44.9 Å². The molecule has 0 N–H and O–H groups in total. The molecule has 0 fully saturated rings. The van der Waals surface area contributed by atoms with E-state index in [-0.39, 0.29) is 31.1 Å². The Morgan fingerprint density at radius 2 is 0.569 bits per heavy atom. The van der Waals surface area contributed by atoms with Crippen molar-refractivity contribution in [2.75, 3.05) is 13.2 Å². The smallest absolute Gasteiger partial charge is 0.306 e. The molecule has 0 radical (unpaired) electrons. The summed E-state index contributed by atoms with van der Waals surface area (Å²) in [6.07, 6.45) is 51.9. The first-order valence-corrected chi connectivity index (χ1v) is 25.7. The van der Waals surface area contributed by atoms with Gasteiger partial charge in [-0.1, -0.05) is 232 Å². The average molecular weight is 819 g/mol. The van der Waals surface area contributed by atoms with Crippen LogP contribution in [0, 0.1) is 0 Å². The molecule has 0 aromatic carbocycles. The van der Waals surface area contributed by atoms with E-state index in [4.69, 9.17) is 14.2 Å². The van der Waals surface area contributed by atoms with Gasteiger partial charge in [0.05, 0.1) is 0 Å². The number of ether oxygens (including phenoxy) is 3. The molecule has 1 atom stereocenters. The minimum absolute atomic E-state index is 0.0675. The van der Waals surface area contributed by atoms with Gasteiger partial charge >= 0.3 is 17.9 Å². The SMILES string of the molecule is CCCCCCCCC/C=C\CCCCCCCC(=O)OCC(COC(=O)CCCCCCCCCCCCC)OC(=O)CCCCCCCCCCCCCCC. The van der Waals surface area contributed by atoms with E-state index in [1.54, 1.807) is 0 Å². The van der Waals surface area contributed by atoms with Crippen molar-refractivity contribution < 1.29 is 28.6 Å². The number of rotatable bonds is 47. The first kappa shape index (κ1) is 56.1. The summed E-state index contributed by atoms with van der Waals surface area (Å²) in [6, 6.07) is 0. The molecule has 0 heterocycles. The molecule has 0 aliphatic rings. The average Bonchev–Trinajstić information content (AvgIpc) is 3.22. The molecule has 6 heteroatoms. The maximum absolute atomic E-state index is 12.8. The van der Waals surface area contributed by atoms with Gasteiger partial charge in [0.25, 0.3) is 0 Å². The Morgan fingerprint density at radius 3 is 0.862 bits per heavy atom. The second kappa shape index (κ2) is 47.8. The monoisotopic (exact) mass is 819 g/mol. The van der Waals surface area contributed by atoms with Crippen LogP contribution < -0.4 is 0 Å². The molecule has 342 valence electrons. The summed E-state index contributed by atoms with van der Waals surface area (Å²) in [4.78, 5) is 37.9. The van der Waals surface area contributed by atoms with E-state index < -0.39 is 6.10 Å². The van der Waals surface area contributed by atoms with Crippen LogP contribution in [0.25, 0.3) is 0 Å². The number of hydrogen-bond donors (Lipinski definition) is 0. The third-order valence-corrected chi connectivity index (χ3v) is 11.5. The van der Waals surface area contributed by atoms with Gasteiger partial charge in [-0.15, -0.1) is 0 Å². The van der Waals surface area contributed by atoms with Gasteiger partial charge < -0.3 is 14.2 Å². The molecular formula is C52H98O6. The lowest BCUT2D eigenvalue weighted by Crippen LogP contribution is -2.30. The molecule has 0 spiro atoms. The van der Waals surface area contributed by atoms with E-state index in [0.29, 0.717) is 19.3 Å². The van der Waals surface area contributed by atoms with Crippen LogP contribution in [-0.4, -0.2) is 37.2 Å². The minimum atomic E-state index is -0.765. The summed E-state index contributed by atoms with van der Waals surface area (Å²) in [6.45, 7) is 6.65. The molecule has 1 unspecified atom stereocenters.